The second kappa shape index (κ2) is 6.04. The van der Waals surface area contributed by atoms with Gasteiger partial charge in [0.1, 0.15) is 18.2 Å². The van der Waals surface area contributed by atoms with Crippen LogP contribution in [-0.2, 0) is 0 Å². The van der Waals surface area contributed by atoms with Crippen LogP contribution in [0, 0.1) is 17.7 Å². The Balaban J connectivity index is 2.36. The molecule has 0 aliphatic rings. The lowest BCUT2D eigenvalue weighted by atomic mass is 10.3. The minimum atomic E-state index is -0.288. The Morgan fingerprint density at radius 1 is 1.36 bits per heavy atom. The van der Waals surface area contributed by atoms with Crippen LogP contribution >= 0.6 is 0 Å². The Kier molecular flexibility index (Phi) is 4.57. The summed E-state index contributed by atoms with van der Waals surface area (Å²) in [5.74, 6) is 6.05. The number of ether oxygens (including phenoxy) is 1. The van der Waals surface area contributed by atoms with Gasteiger partial charge in [0, 0.05) is 12.5 Å². The molecule has 0 unspecified atom stereocenters. The van der Waals surface area contributed by atoms with Crippen molar-refractivity contribution in [1.82, 2.24) is 0 Å². The van der Waals surface area contributed by atoms with Crippen LogP contribution in [0.1, 0.15) is 19.8 Å². The molecule has 2 heteroatoms. The summed E-state index contributed by atoms with van der Waals surface area (Å²) in [6, 6.07) is 6.06. The minimum Gasteiger partial charge on any atom is -0.481 e. The lowest BCUT2D eigenvalue weighted by Gasteiger charge is -2.00. The van der Waals surface area contributed by atoms with Crippen molar-refractivity contribution in [2.75, 3.05) is 6.61 Å². The van der Waals surface area contributed by atoms with Crippen molar-refractivity contribution in [2.24, 2.45) is 0 Å². The van der Waals surface area contributed by atoms with Crippen molar-refractivity contribution in [1.29, 1.82) is 0 Å². The van der Waals surface area contributed by atoms with Gasteiger partial charge in [-0.3, -0.25) is 0 Å². The number of hydrogen-bond donors (Lipinski definition) is 0. The Hall–Kier alpha value is -1.49. The summed E-state index contributed by atoms with van der Waals surface area (Å²) in [4.78, 5) is 0. The van der Waals surface area contributed by atoms with Crippen LogP contribution in [0.4, 0.5) is 4.39 Å². The lowest BCUT2D eigenvalue weighted by Crippen LogP contribution is -1.93. The molecule has 0 spiro atoms. The zero-order chi connectivity index (χ0) is 10.2. The first-order chi connectivity index (χ1) is 6.83. The van der Waals surface area contributed by atoms with E-state index in [4.69, 9.17) is 4.74 Å². The van der Waals surface area contributed by atoms with E-state index in [9.17, 15) is 4.39 Å². The van der Waals surface area contributed by atoms with Crippen molar-refractivity contribution in [2.45, 2.75) is 19.8 Å². The molecule has 1 nitrogen and oxygen atoms in total. The van der Waals surface area contributed by atoms with Crippen LogP contribution in [0.2, 0.25) is 0 Å². The third-order valence-corrected chi connectivity index (χ3v) is 1.61. The summed E-state index contributed by atoms with van der Waals surface area (Å²) in [5, 5.41) is 0. The van der Waals surface area contributed by atoms with Crippen LogP contribution in [0.5, 0.6) is 5.75 Å². The number of halogens is 1. The van der Waals surface area contributed by atoms with E-state index < -0.39 is 0 Å². The number of benzene rings is 1. The van der Waals surface area contributed by atoms with Gasteiger partial charge in [-0.05, 0) is 18.6 Å². The maximum Gasteiger partial charge on any atom is 0.149 e. The van der Waals surface area contributed by atoms with Gasteiger partial charge in [-0.15, -0.1) is 0 Å². The van der Waals surface area contributed by atoms with Crippen molar-refractivity contribution in [3.05, 3.63) is 30.1 Å². The predicted molar refractivity (Wildman–Crippen MR) is 54.6 cm³/mol. The number of unbranched alkanes of at least 4 members (excludes halogenated alkanes) is 1. The Morgan fingerprint density at radius 2 is 2.21 bits per heavy atom. The molecule has 1 rings (SSSR count). The van der Waals surface area contributed by atoms with E-state index in [2.05, 4.69) is 18.8 Å². The zero-order valence-corrected chi connectivity index (χ0v) is 8.22. The van der Waals surface area contributed by atoms with E-state index in [1.54, 1.807) is 12.1 Å². The van der Waals surface area contributed by atoms with Crippen molar-refractivity contribution in [3.63, 3.8) is 0 Å². The highest BCUT2D eigenvalue weighted by atomic mass is 19.1. The second-order valence-corrected chi connectivity index (χ2v) is 2.85. The highest BCUT2D eigenvalue weighted by Crippen LogP contribution is 2.11. The molecule has 0 saturated carbocycles. The molecule has 14 heavy (non-hydrogen) atoms. The molecule has 0 atom stereocenters. The fourth-order valence-corrected chi connectivity index (χ4v) is 0.941. The van der Waals surface area contributed by atoms with Gasteiger partial charge < -0.3 is 4.74 Å². The fourth-order valence-electron chi connectivity index (χ4n) is 0.941. The highest BCUT2D eigenvalue weighted by molar-refractivity contribution is 5.22. The molecule has 0 saturated heterocycles. The van der Waals surface area contributed by atoms with Crippen LogP contribution < -0.4 is 4.74 Å². The summed E-state index contributed by atoms with van der Waals surface area (Å²) in [7, 11) is 0. The van der Waals surface area contributed by atoms with Gasteiger partial charge in [0.2, 0.25) is 0 Å². The number of hydrogen-bond acceptors (Lipinski definition) is 1. The van der Waals surface area contributed by atoms with Gasteiger partial charge in [-0.25, -0.2) is 4.39 Å². The summed E-state index contributed by atoms with van der Waals surface area (Å²) in [6.45, 7) is 2.39. The zero-order valence-electron chi connectivity index (χ0n) is 8.22. The third-order valence-electron chi connectivity index (χ3n) is 1.61. The summed E-state index contributed by atoms with van der Waals surface area (Å²) >= 11 is 0. The van der Waals surface area contributed by atoms with Crippen LogP contribution in [0.3, 0.4) is 0 Å². The molecule has 0 heterocycles. The molecule has 0 amide bonds. The van der Waals surface area contributed by atoms with E-state index in [-0.39, 0.29) is 5.82 Å². The first-order valence-corrected chi connectivity index (χ1v) is 4.67. The summed E-state index contributed by atoms with van der Waals surface area (Å²) in [6.07, 6.45) is 1.93. The van der Waals surface area contributed by atoms with Crippen LogP contribution in [0.15, 0.2) is 24.3 Å². The van der Waals surface area contributed by atoms with Gasteiger partial charge in [0.15, 0.2) is 0 Å². The molecule has 0 aliphatic heterocycles. The Labute approximate surface area is 83.9 Å². The van der Waals surface area contributed by atoms with Crippen molar-refractivity contribution < 1.29 is 9.13 Å². The standard InChI is InChI=1S/C12H13FO/c1-2-3-4-5-9-14-12-8-6-7-11(13)10-12/h6-8,10H,2-3,9H2,1H3. The van der Waals surface area contributed by atoms with E-state index in [0.717, 1.165) is 12.8 Å². The predicted octanol–water partition coefficient (Wildman–Crippen LogP) is 3.01. The van der Waals surface area contributed by atoms with E-state index in [0.29, 0.717) is 12.4 Å². The first-order valence-electron chi connectivity index (χ1n) is 4.67. The van der Waals surface area contributed by atoms with Crippen molar-refractivity contribution >= 4 is 0 Å². The maximum absolute atomic E-state index is 12.7. The molecular formula is C12H13FO. The topological polar surface area (TPSA) is 9.23 Å². The maximum atomic E-state index is 12.7. The highest BCUT2D eigenvalue weighted by Gasteiger charge is 1.93. The lowest BCUT2D eigenvalue weighted by molar-refractivity contribution is 0.367. The molecule has 1 aromatic rings. The largest absolute Gasteiger partial charge is 0.481 e. The van der Waals surface area contributed by atoms with E-state index >= 15 is 0 Å². The molecule has 74 valence electrons. The van der Waals surface area contributed by atoms with Crippen LogP contribution in [0.25, 0.3) is 0 Å². The Bertz CT molecular complexity index is 336. The molecule has 1 aromatic carbocycles. The fraction of sp³-hybridized carbons (Fsp3) is 0.333. The molecule has 0 aliphatic carbocycles. The smallest absolute Gasteiger partial charge is 0.149 e. The van der Waals surface area contributed by atoms with Crippen LogP contribution in [-0.4, -0.2) is 6.61 Å². The van der Waals surface area contributed by atoms with Gasteiger partial charge in [0.05, 0.1) is 0 Å². The van der Waals surface area contributed by atoms with Gasteiger partial charge >= 0.3 is 0 Å². The molecule has 0 N–H and O–H groups in total. The third kappa shape index (κ3) is 3.95. The normalized spacial score (nSPS) is 9.00. The second-order valence-electron chi connectivity index (χ2n) is 2.85. The van der Waals surface area contributed by atoms with E-state index in [1.807, 2.05) is 0 Å². The van der Waals surface area contributed by atoms with Gasteiger partial charge in [-0.1, -0.05) is 24.8 Å². The van der Waals surface area contributed by atoms with Crippen molar-refractivity contribution in [3.8, 4) is 17.6 Å². The molecule has 0 bridgehead atoms. The molecule has 0 radical (unpaired) electrons. The first kappa shape index (κ1) is 10.6. The Morgan fingerprint density at radius 3 is 2.93 bits per heavy atom. The average Bonchev–Trinajstić information content (AvgIpc) is 2.18. The quantitative estimate of drug-likeness (QED) is 0.669. The molecule has 0 aromatic heterocycles. The molecule has 0 fully saturated rings. The number of rotatable bonds is 3. The van der Waals surface area contributed by atoms with E-state index in [1.165, 1.54) is 12.1 Å². The minimum absolute atomic E-state index is 0.288. The molecular weight excluding hydrogens is 179 g/mol. The van der Waals surface area contributed by atoms with Gasteiger partial charge in [-0.2, -0.15) is 0 Å². The summed E-state index contributed by atoms with van der Waals surface area (Å²) in [5.41, 5.74) is 0. The SMILES string of the molecule is CCCC#CCOc1cccc(F)c1. The van der Waals surface area contributed by atoms with Gasteiger partial charge in [0.25, 0.3) is 0 Å². The summed E-state index contributed by atoms with van der Waals surface area (Å²) < 4.78 is 17.9. The monoisotopic (exact) mass is 192 g/mol. The average molecular weight is 192 g/mol.